The molecule has 1 saturated heterocycles. The molecule has 0 spiro atoms. The summed E-state index contributed by atoms with van der Waals surface area (Å²) in [5.41, 5.74) is 1.84. The average molecular weight is 397 g/mol. The number of aromatic nitrogens is 4. The van der Waals surface area contributed by atoms with Gasteiger partial charge in [-0.1, -0.05) is 6.07 Å². The van der Waals surface area contributed by atoms with Gasteiger partial charge in [0, 0.05) is 31.4 Å². The lowest BCUT2D eigenvalue weighted by molar-refractivity contribution is 0.0846. The maximum Gasteiger partial charge on any atom is 0.275 e. The first-order valence-corrected chi connectivity index (χ1v) is 9.60. The molecule has 0 saturated carbocycles. The van der Waals surface area contributed by atoms with E-state index >= 15 is 0 Å². The molecule has 4 rings (SSSR count). The standard InChI is InChI=1S/C20H23N5O4/c1-3-29-20-18-22-15(13-7-9-28-10-8-13)11-25(18)12-16(24-20)23-19(26)14-5-4-6-17(21-14)27-2/h4-6,11-13H,3,7-10H2,1-2H3,(H,23,26). The second kappa shape index (κ2) is 8.44. The van der Waals surface area contributed by atoms with Crippen LogP contribution in [0, 0.1) is 0 Å². The predicted octanol–water partition coefficient (Wildman–Crippen LogP) is 2.68. The highest BCUT2D eigenvalue weighted by Crippen LogP contribution is 2.29. The highest BCUT2D eigenvalue weighted by Gasteiger charge is 2.21. The zero-order chi connectivity index (χ0) is 20.2. The minimum Gasteiger partial charge on any atom is -0.481 e. The quantitative estimate of drug-likeness (QED) is 0.682. The Hall–Kier alpha value is -3.20. The van der Waals surface area contributed by atoms with Crippen LogP contribution >= 0.6 is 0 Å². The summed E-state index contributed by atoms with van der Waals surface area (Å²) in [6, 6.07) is 5.00. The Labute approximate surface area is 168 Å². The van der Waals surface area contributed by atoms with Crippen molar-refractivity contribution in [3.8, 4) is 11.8 Å². The van der Waals surface area contributed by atoms with Gasteiger partial charge in [-0.3, -0.25) is 9.20 Å². The minimum atomic E-state index is -0.386. The van der Waals surface area contributed by atoms with Crippen LogP contribution in [-0.4, -0.2) is 52.2 Å². The molecule has 0 aliphatic carbocycles. The molecule has 152 valence electrons. The predicted molar refractivity (Wildman–Crippen MR) is 106 cm³/mol. The van der Waals surface area contributed by atoms with E-state index in [4.69, 9.17) is 19.2 Å². The molecule has 1 amide bonds. The van der Waals surface area contributed by atoms with Gasteiger partial charge < -0.3 is 19.5 Å². The highest BCUT2D eigenvalue weighted by atomic mass is 16.5. The Morgan fingerprint density at radius 2 is 2.07 bits per heavy atom. The fourth-order valence-electron chi connectivity index (χ4n) is 3.31. The molecule has 3 aromatic heterocycles. The molecule has 1 N–H and O–H groups in total. The third-order valence-electron chi connectivity index (χ3n) is 4.75. The maximum atomic E-state index is 12.6. The van der Waals surface area contributed by atoms with Crippen LogP contribution in [0.3, 0.4) is 0 Å². The molecule has 0 radical (unpaired) electrons. The van der Waals surface area contributed by atoms with E-state index < -0.39 is 0 Å². The number of pyridine rings is 1. The first kappa shape index (κ1) is 19.1. The number of fused-ring (bicyclic) bond motifs is 1. The highest BCUT2D eigenvalue weighted by molar-refractivity contribution is 6.02. The zero-order valence-corrected chi connectivity index (χ0v) is 16.4. The molecule has 1 aliphatic heterocycles. The number of imidazole rings is 1. The maximum absolute atomic E-state index is 12.6. The Morgan fingerprint density at radius 3 is 2.83 bits per heavy atom. The normalized spacial score (nSPS) is 14.7. The average Bonchev–Trinajstić information content (AvgIpc) is 3.19. The largest absolute Gasteiger partial charge is 0.481 e. The Morgan fingerprint density at radius 1 is 1.24 bits per heavy atom. The van der Waals surface area contributed by atoms with Gasteiger partial charge in [-0.05, 0) is 25.8 Å². The van der Waals surface area contributed by atoms with Gasteiger partial charge in [0.25, 0.3) is 11.8 Å². The Kier molecular flexibility index (Phi) is 5.57. The van der Waals surface area contributed by atoms with E-state index in [1.807, 2.05) is 17.5 Å². The van der Waals surface area contributed by atoms with Gasteiger partial charge >= 0.3 is 0 Å². The second-order valence-electron chi connectivity index (χ2n) is 6.67. The Bertz CT molecular complexity index is 1010. The molecular formula is C20H23N5O4. The number of methoxy groups -OCH3 is 1. The molecule has 9 heteroatoms. The van der Waals surface area contributed by atoms with Crippen LogP contribution in [0.5, 0.6) is 11.8 Å². The first-order chi connectivity index (χ1) is 14.2. The van der Waals surface area contributed by atoms with Gasteiger partial charge in [-0.15, -0.1) is 0 Å². The number of nitrogens with one attached hydrogen (secondary N) is 1. The molecule has 29 heavy (non-hydrogen) atoms. The van der Waals surface area contributed by atoms with Gasteiger partial charge in [0.1, 0.15) is 5.69 Å². The van der Waals surface area contributed by atoms with Crippen LogP contribution in [0.25, 0.3) is 5.65 Å². The first-order valence-electron chi connectivity index (χ1n) is 9.60. The lowest BCUT2D eigenvalue weighted by Gasteiger charge is -2.19. The third-order valence-corrected chi connectivity index (χ3v) is 4.75. The molecular weight excluding hydrogens is 374 g/mol. The van der Waals surface area contributed by atoms with Crippen molar-refractivity contribution in [1.82, 2.24) is 19.4 Å². The van der Waals surface area contributed by atoms with Crippen molar-refractivity contribution in [3.05, 3.63) is 42.0 Å². The lowest BCUT2D eigenvalue weighted by Crippen LogP contribution is -2.15. The van der Waals surface area contributed by atoms with Gasteiger partial charge in [0.05, 0.1) is 25.6 Å². The number of rotatable bonds is 6. The van der Waals surface area contributed by atoms with Crippen molar-refractivity contribution in [2.24, 2.45) is 0 Å². The summed E-state index contributed by atoms with van der Waals surface area (Å²) >= 11 is 0. The van der Waals surface area contributed by atoms with E-state index in [1.54, 1.807) is 24.4 Å². The number of ether oxygens (including phenoxy) is 3. The number of amides is 1. The lowest BCUT2D eigenvalue weighted by atomic mass is 9.97. The van der Waals surface area contributed by atoms with Crippen LogP contribution in [0.2, 0.25) is 0 Å². The van der Waals surface area contributed by atoms with E-state index in [0.717, 1.165) is 31.7 Å². The summed E-state index contributed by atoms with van der Waals surface area (Å²) in [6.07, 6.45) is 5.57. The number of nitrogens with zero attached hydrogens (tertiary/aromatic N) is 4. The van der Waals surface area contributed by atoms with Crippen molar-refractivity contribution >= 4 is 17.4 Å². The van der Waals surface area contributed by atoms with Gasteiger partial charge in [-0.2, -0.15) is 4.98 Å². The van der Waals surface area contributed by atoms with Crippen molar-refractivity contribution in [2.75, 3.05) is 32.2 Å². The van der Waals surface area contributed by atoms with Crippen molar-refractivity contribution in [3.63, 3.8) is 0 Å². The fraction of sp³-hybridized carbons (Fsp3) is 0.400. The minimum absolute atomic E-state index is 0.234. The van der Waals surface area contributed by atoms with E-state index in [1.165, 1.54) is 7.11 Å². The van der Waals surface area contributed by atoms with Crippen LogP contribution in [0.4, 0.5) is 5.82 Å². The van der Waals surface area contributed by atoms with Gasteiger partial charge in [0.2, 0.25) is 11.5 Å². The number of hydrogen-bond acceptors (Lipinski definition) is 7. The monoisotopic (exact) mass is 397 g/mol. The summed E-state index contributed by atoms with van der Waals surface area (Å²) in [4.78, 5) is 25.9. The number of hydrogen-bond donors (Lipinski definition) is 1. The molecule has 4 heterocycles. The fourth-order valence-corrected chi connectivity index (χ4v) is 3.31. The number of carbonyl (C=O) groups is 1. The van der Waals surface area contributed by atoms with Crippen LogP contribution in [0.15, 0.2) is 30.6 Å². The molecule has 9 nitrogen and oxygen atoms in total. The molecule has 0 atom stereocenters. The van der Waals surface area contributed by atoms with Crippen molar-refractivity contribution < 1.29 is 19.0 Å². The Balaban J connectivity index is 1.64. The topological polar surface area (TPSA) is 99.9 Å². The number of carbonyl (C=O) groups excluding carboxylic acids is 1. The zero-order valence-electron chi connectivity index (χ0n) is 16.4. The van der Waals surface area contributed by atoms with Crippen LogP contribution in [0.1, 0.15) is 41.9 Å². The molecule has 1 aliphatic rings. The van der Waals surface area contributed by atoms with Crippen LogP contribution < -0.4 is 14.8 Å². The SMILES string of the molecule is CCOc1nc(NC(=O)c2cccc(OC)n2)cn2cc(C3CCOCC3)nc12. The molecule has 0 bridgehead atoms. The van der Waals surface area contributed by atoms with E-state index in [2.05, 4.69) is 15.3 Å². The smallest absolute Gasteiger partial charge is 0.275 e. The summed E-state index contributed by atoms with van der Waals surface area (Å²) in [6.45, 7) is 3.80. The van der Waals surface area contributed by atoms with E-state index in [0.29, 0.717) is 35.7 Å². The molecule has 1 fully saturated rings. The summed E-state index contributed by atoms with van der Waals surface area (Å²) < 4.78 is 18.0. The van der Waals surface area contributed by atoms with Crippen molar-refractivity contribution in [1.29, 1.82) is 0 Å². The van der Waals surface area contributed by atoms with Crippen molar-refractivity contribution in [2.45, 2.75) is 25.7 Å². The number of anilines is 1. The molecule has 0 aromatic carbocycles. The molecule has 3 aromatic rings. The summed E-state index contributed by atoms with van der Waals surface area (Å²) in [5.74, 6) is 1.06. The molecule has 0 unspecified atom stereocenters. The van der Waals surface area contributed by atoms with E-state index in [9.17, 15) is 4.79 Å². The van der Waals surface area contributed by atoms with Gasteiger partial charge in [-0.25, -0.2) is 9.97 Å². The van der Waals surface area contributed by atoms with Crippen LogP contribution in [-0.2, 0) is 4.74 Å². The second-order valence-corrected chi connectivity index (χ2v) is 6.67. The third kappa shape index (κ3) is 4.14. The summed E-state index contributed by atoms with van der Waals surface area (Å²) in [7, 11) is 1.50. The van der Waals surface area contributed by atoms with E-state index in [-0.39, 0.29) is 11.6 Å². The van der Waals surface area contributed by atoms with Gasteiger partial charge in [0.15, 0.2) is 5.82 Å². The summed E-state index contributed by atoms with van der Waals surface area (Å²) in [5, 5.41) is 2.77.